The molecule has 0 spiro atoms. The van der Waals surface area contributed by atoms with Crippen LogP contribution in [0.5, 0.6) is 0 Å². The molecule has 0 unspecified atom stereocenters. The number of benzene rings is 1. The molecule has 1 rings (SSSR count). The Balaban J connectivity index is 3.70. The maximum absolute atomic E-state index is 13.1. The van der Waals surface area contributed by atoms with Crippen LogP contribution >= 0.6 is 11.6 Å². The van der Waals surface area contributed by atoms with Gasteiger partial charge in [-0.3, -0.25) is 4.79 Å². The van der Waals surface area contributed by atoms with E-state index in [1.807, 2.05) is 0 Å². The molecule has 1 aromatic rings. The zero-order valence-corrected chi connectivity index (χ0v) is 8.26. The van der Waals surface area contributed by atoms with Gasteiger partial charge in [0.05, 0.1) is 5.56 Å². The molecule has 0 saturated heterocycles. The highest BCUT2D eigenvalue weighted by atomic mass is 35.5. The van der Waals surface area contributed by atoms with E-state index in [1.165, 1.54) is 6.92 Å². The van der Waals surface area contributed by atoms with Crippen LogP contribution in [-0.2, 0) is 6.42 Å². The van der Waals surface area contributed by atoms with Gasteiger partial charge in [0.2, 0.25) is 0 Å². The molecule has 0 aliphatic carbocycles. The van der Waals surface area contributed by atoms with Gasteiger partial charge in [0, 0.05) is 5.56 Å². The van der Waals surface area contributed by atoms with Gasteiger partial charge in [-0.2, -0.15) is 0 Å². The van der Waals surface area contributed by atoms with Crippen LogP contribution in [-0.4, -0.2) is 5.24 Å². The Labute approximate surface area is 87.7 Å². The molecule has 0 N–H and O–H groups in total. The van der Waals surface area contributed by atoms with Gasteiger partial charge in [0.1, 0.15) is 0 Å². The van der Waals surface area contributed by atoms with Crippen LogP contribution in [0.4, 0.5) is 17.6 Å². The molecule has 0 fully saturated rings. The Bertz CT molecular complexity index is 431. The first kappa shape index (κ1) is 12.0. The molecular weight excluding hydrogens is 236 g/mol. The number of hydrogen-bond acceptors (Lipinski definition) is 1. The average Bonchev–Trinajstić information content (AvgIpc) is 2.19. The van der Waals surface area contributed by atoms with E-state index in [0.717, 1.165) is 0 Å². The van der Waals surface area contributed by atoms with Crippen LogP contribution in [0.25, 0.3) is 0 Å². The highest BCUT2D eigenvalue weighted by Gasteiger charge is 2.27. The SMILES string of the molecule is CCc1c(F)c(F)c(F)c(F)c1C(=O)Cl. The number of carbonyl (C=O) groups excluding carboxylic acids is 1. The molecule has 0 aliphatic rings. The second-order valence-corrected chi connectivity index (χ2v) is 3.08. The van der Waals surface area contributed by atoms with Crippen molar-refractivity contribution in [3.05, 3.63) is 34.4 Å². The Morgan fingerprint density at radius 2 is 1.53 bits per heavy atom. The molecule has 0 heterocycles. The Morgan fingerprint density at radius 1 is 1.07 bits per heavy atom. The summed E-state index contributed by atoms with van der Waals surface area (Å²) in [5.41, 5.74) is -1.51. The first-order valence-electron chi connectivity index (χ1n) is 3.96. The lowest BCUT2D eigenvalue weighted by Crippen LogP contribution is -2.10. The van der Waals surface area contributed by atoms with E-state index in [4.69, 9.17) is 11.6 Å². The molecule has 0 aliphatic heterocycles. The van der Waals surface area contributed by atoms with Crippen LogP contribution in [0.1, 0.15) is 22.8 Å². The molecule has 6 heteroatoms. The van der Waals surface area contributed by atoms with Crippen LogP contribution < -0.4 is 0 Å². The van der Waals surface area contributed by atoms with E-state index in [2.05, 4.69) is 0 Å². The number of carbonyl (C=O) groups is 1. The maximum Gasteiger partial charge on any atom is 0.255 e. The molecule has 0 aromatic heterocycles. The molecule has 1 aromatic carbocycles. The molecule has 1 nitrogen and oxygen atoms in total. The number of halogens is 5. The van der Waals surface area contributed by atoms with Crippen molar-refractivity contribution < 1.29 is 22.4 Å². The minimum absolute atomic E-state index is 0.173. The van der Waals surface area contributed by atoms with E-state index in [9.17, 15) is 22.4 Å². The van der Waals surface area contributed by atoms with Crippen LogP contribution in [0.2, 0.25) is 0 Å². The Hall–Kier alpha value is -1.10. The minimum atomic E-state index is -2.03. The summed E-state index contributed by atoms with van der Waals surface area (Å²) in [6, 6.07) is 0. The molecule has 0 bridgehead atoms. The first-order chi connectivity index (χ1) is 6.91. The zero-order valence-electron chi connectivity index (χ0n) is 7.51. The van der Waals surface area contributed by atoms with Crippen molar-refractivity contribution in [2.24, 2.45) is 0 Å². The van der Waals surface area contributed by atoms with Crippen LogP contribution in [0, 0.1) is 23.3 Å². The van der Waals surface area contributed by atoms with Crippen LogP contribution in [0.15, 0.2) is 0 Å². The third-order valence-corrected chi connectivity index (χ3v) is 2.10. The predicted molar refractivity (Wildman–Crippen MR) is 45.8 cm³/mol. The topological polar surface area (TPSA) is 17.1 Å². The van der Waals surface area contributed by atoms with Crippen molar-refractivity contribution in [2.75, 3.05) is 0 Å². The molecule has 0 amide bonds. The second kappa shape index (κ2) is 4.18. The van der Waals surface area contributed by atoms with Gasteiger partial charge < -0.3 is 0 Å². The summed E-state index contributed by atoms with van der Waals surface area (Å²) in [6.45, 7) is 1.36. The number of rotatable bonds is 2. The highest BCUT2D eigenvalue weighted by Crippen LogP contribution is 2.25. The van der Waals surface area contributed by atoms with Gasteiger partial charge in [0.15, 0.2) is 23.3 Å². The van der Waals surface area contributed by atoms with Gasteiger partial charge in [0.25, 0.3) is 5.24 Å². The number of hydrogen-bond donors (Lipinski definition) is 0. The van der Waals surface area contributed by atoms with Gasteiger partial charge in [-0.15, -0.1) is 0 Å². The van der Waals surface area contributed by atoms with E-state index in [1.54, 1.807) is 0 Å². The quantitative estimate of drug-likeness (QED) is 0.336. The van der Waals surface area contributed by atoms with E-state index in [-0.39, 0.29) is 6.42 Å². The fourth-order valence-corrected chi connectivity index (χ4v) is 1.41. The van der Waals surface area contributed by atoms with Crippen molar-refractivity contribution in [1.29, 1.82) is 0 Å². The van der Waals surface area contributed by atoms with Crippen molar-refractivity contribution >= 4 is 16.8 Å². The summed E-state index contributed by atoms with van der Waals surface area (Å²) in [7, 11) is 0. The van der Waals surface area contributed by atoms with E-state index >= 15 is 0 Å². The smallest absolute Gasteiger partial charge is 0.255 e. The van der Waals surface area contributed by atoms with Gasteiger partial charge in [-0.05, 0) is 18.0 Å². The molecule has 0 saturated carbocycles. The van der Waals surface area contributed by atoms with E-state index in [0.29, 0.717) is 0 Å². The maximum atomic E-state index is 13.1. The lowest BCUT2D eigenvalue weighted by Gasteiger charge is -2.08. The molecule has 0 radical (unpaired) electrons. The second-order valence-electron chi connectivity index (χ2n) is 2.74. The lowest BCUT2D eigenvalue weighted by molar-refractivity contribution is 0.107. The average molecular weight is 241 g/mol. The largest absolute Gasteiger partial charge is 0.275 e. The zero-order chi connectivity index (χ0) is 11.7. The summed E-state index contributed by atoms with van der Waals surface area (Å²) in [5.74, 6) is -7.31. The van der Waals surface area contributed by atoms with Crippen molar-refractivity contribution in [1.82, 2.24) is 0 Å². The third kappa shape index (κ3) is 1.84. The predicted octanol–water partition coefficient (Wildman–Crippen LogP) is 3.18. The summed E-state index contributed by atoms with van der Waals surface area (Å²) in [5, 5.41) is -1.36. The third-order valence-electron chi connectivity index (χ3n) is 1.91. The van der Waals surface area contributed by atoms with Crippen molar-refractivity contribution in [3.63, 3.8) is 0 Å². The van der Waals surface area contributed by atoms with Gasteiger partial charge in [-0.1, -0.05) is 6.92 Å². The molecule has 82 valence electrons. The standard InChI is InChI=1S/C9H5ClF4O/c1-2-3-4(9(10)15)6(12)8(14)7(13)5(3)11/h2H2,1H3. The molecular formula is C9H5ClF4O. The summed E-state index contributed by atoms with van der Waals surface area (Å²) >= 11 is 4.95. The van der Waals surface area contributed by atoms with Crippen LogP contribution in [0.3, 0.4) is 0 Å². The molecule has 15 heavy (non-hydrogen) atoms. The first-order valence-corrected chi connectivity index (χ1v) is 4.34. The Morgan fingerprint density at radius 3 is 1.93 bits per heavy atom. The monoisotopic (exact) mass is 240 g/mol. The highest BCUT2D eigenvalue weighted by molar-refractivity contribution is 6.68. The summed E-state index contributed by atoms with van der Waals surface area (Å²) in [6.07, 6.45) is -0.173. The minimum Gasteiger partial charge on any atom is -0.275 e. The fourth-order valence-electron chi connectivity index (χ4n) is 1.21. The fraction of sp³-hybridized carbons (Fsp3) is 0.222. The van der Waals surface area contributed by atoms with E-state index < -0.39 is 39.6 Å². The van der Waals surface area contributed by atoms with Crippen molar-refractivity contribution in [2.45, 2.75) is 13.3 Å². The lowest BCUT2D eigenvalue weighted by atomic mass is 10.0. The summed E-state index contributed by atoms with van der Waals surface area (Å²) < 4.78 is 51.6. The summed E-state index contributed by atoms with van der Waals surface area (Å²) in [4.78, 5) is 10.7. The normalized spacial score (nSPS) is 10.5. The van der Waals surface area contributed by atoms with Gasteiger partial charge in [-0.25, -0.2) is 17.6 Å². The van der Waals surface area contributed by atoms with Gasteiger partial charge >= 0.3 is 0 Å². The Kier molecular flexibility index (Phi) is 3.34. The van der Waals surface area contributed by atoms with Crippen molar-refractivity contribution in [3.8, 4) is 0 Å². The molecule has 0 atom stereocenters.